The van der Waals surface area contributed by atoms with E-state index < -0.39 is 0 Å². The van der Waals surface area contributed by atoms with Gasteiger partial charge in [0.05, 0.1) is 0 Å². The number of nitrogens with two attached hydrogens (primary N) is 1. The maximum atomic E-state index is 5.99. The van der Waals surface area contributed by atoms with Gasteiger partial charge in [0.2, 0.25) is 0 Å². The van der Waals surface area contributed by atoms with E-state index in [2.05, 4.69) is 6.92 Å². The molecule has 0 amide bonds. The van der Waals surface area contributed by atoms with Crippen LogP contribution in [-0.4, -0.2) is 6.04 Å². The van der Waals surface area contributed by atoms with E-state index in [1.165, 1.54) is 51.4 Å². The summed E-state index contributed by atoms with van der Waals surface area (Å²) < 4.78 is 0. The molecule has 2 unspecified atom stereocenters. The summed E-state index contributed by atoms with van der Waals surface area (Å²) in [5.74, 6) is 3.07. The van der Waals surface area contributed by atoms with Crippen LogP contribution in [0.25, 0.3) is 0 Å². The van der Waals surface area contributed by atoms with Crippen molar-refractivity contribution in [3.63, 3.8) is 0 Å². The summed E-state index contributed by atoms with van der Waals surface area (Å²) in [6.07, 6.45) is 11.4. The lowest BCUT2D eigenvalue weighted by Crippen LogP contribution is -2.22. The van der Waals surface area contributed by atoms with E-state index in [9.17, 15) is 0 Å². The van der Waals surface area contributed by atoms with Crippen molar-refractivity contribution in [2.24, 2.45) is 23.5 Å². The largest absolute Gasteiger partial charge is 0.328 e. The standard InChI is InChI=1S/C13H25N/c1-2-10-3-5-11(6-4-10)12-7-8-13(14)9-12/h10-13H,2-9,14H2,1H3. The second-order valence-corrected chi connectivity index (χ2v) is 5.52. The molecule has 0 aromatic rings. The number of hydrogen-bond donors (Lipinski definition) is 1. The number of hydrogen-bond acceptors (Lipinski definition) is 1. The fourth-order valence-electron chi connectivity index (χ4n) is 3.55. The quantitative estimate of drug-likeness (QED) is 0.718. The van der Waals surface area contributed by atoms with E-state index >= 15 is 0 Å². The lowest BCUT2D eigenvalue weighted by Gasteiger charge is -2.31. The Kier molecular flexibility index (Phi) is 3.48. The van der Waals surface area contributed by atoms with Crippen molar-refractivity contribution < 1.29 is 0 Å². The molecule has 0 bridgehead atoms. The third kappa shape index (κ3) is 2.31. The summed E-state index contributed by atoms with van der Waals surface area (Å²) in [6, 6.07) is 0.531. The molecule has 82 valence electrons. The summed E-state index contributed by atoms with van der Waals surface area (Å²) in [7, 11) is 0. The molecule has 2 saturated carbocycles. The van der Waals surface area contributed by atoms with Crippen LogP contribution in [0, 0.1) is 17.8 Å². The van der Waals surface area contributed by atoms with E-state index in [-0.39, 0.29) is 0 Å². The maximum absolute atomic E-state index is 5.99. The molecular formula is C13H25N. The first-order chi connectivity index (χ1) is 6.79. The summed E-state index contributed by atoms with van der Waals surface area (Å²) >= 11 is 0. The van der Waals surface area contributed by atoms with Gasteiger partial charge in [-0.25, -0.2) is 0 Å². The molecule has 0 aliphatic heterocycles. The lowest BCUT2D eigenvalue weighted by molar-refractivity contribution is 0.202. The van der Waals surface area contributed by atoms with Crippen LogP contribution in [-0.2, 0) is 0 Å². The molecule has 2 aliphatic carbocycles. The van der Waals surface area contributed by atoms with Gasteiger partial charge in [-0.05, 0) is 49.9 Å². The summed E-state index contributed by atoms with van der Waals surface area (Å²) in [4.78, 5) is 0. The molecule has 1 nitrogen and oxygen atoms in total. The van der Waals surface area contributed by atoms with E-state index in [1.54, 1.807) is 0 Å². The average Bonchev–Trinajstić information content (AvgIpc) is 2.65. The Balaban J connectivity index is 1.78. The third-order valence-electron chi connectivity index (χ3n) is 4.65. The van der Waals surface area contributed by atoms with Crippen molar-refractivity contribution in [2.45, 2.75) is 64.3 Å². The van der Waals surface area contributed by atoms with Gasteiger partial charge in [-0.2, -0.15) is 0 Å². The van der Waals surface area contributed by atoms with Crippen LogP contribution in [0.4, 0.5) is 0 Å². The zero-order valence-electron chi connectivity index (χ0n) is 9.54. The Labute approximate surface area is 88.4 Å². The van der Waals surface area contributed by atoms with Crippen LogP contribution < -0.4 is 5.73 Å². The average molecular weight is 195 g/mol. The minimum Gasteiger partial charge on any atom is -0.328 e. The predicted molar refractivity (Wildman–Crippen MR) is 61.1 cm³/mol. The lowest BCUT2D eigenvalue weighted by atomic mass is 9.74. The van der Waals surface area contributed by atoms with Crippen LogP contribution in [0.15, 0.2) is 0 Å². The van der Waals surface area contributed by atoms with Crippen molar-refractivity contribution in [2.75, 3.05) is 0 Å². The van der Waals surface area contributed by atoms with Gasteiger partial charge < -0.3 is 5.73 Å². The molecule has 2 fully saturated rings. The Morgan fingerprint density at radius 1 is 0.929 bits per heavy atom. The van der Waals surface area contributed by atoms with E-state index in [0.29, 0.717) is 6.04 Å². The molecule has 2 atom stereocenters. The SMILES string of the molecule is CCC1CCC(C2CCC(N)C2)CC1. The zero-order valence-corrected chi connectivity index (χ0v) is 9.54. The molecule has 0 aromatic carbocycles. The van der Waals surface area contributed by atoms with E-state index in [1.807, 2.05) is 0 Å². The van der Waals surface area contributed by atoms with Crippen LogP contribution in [0.3, 0.4) is 0 Å². The highest BCUT2D eigenvalue weighted by atomic mass is 14.6. The third-order valence-corrected chi connectivity index (χ3v) is 4.65. The Morgan fingerprint density at radius 3 is 2.07 bits per heavy atom. The molecule has 0 spiro atoms. The molecule has 2 N–H and O–H groups in total. The van der Waals surface area contributed by atoms with Crippen LogP contribution in [0.2, 0.25) is 0 Å². The van der Waals surface area contributed by atoms with Crippen molar-refractivity contribution >= 4 is 0 Å². The first kappa shape index (κ1) is 10.5. The summed E-state index contributed by atoms with van der Waals surface area (Å²) in [5.41, 5.74) is 5.99. The van der Waals surface area contributed by atoms with Crippen LogP contribution >= 0.6 is 0 Å². The highest BCUT2D eigenvalue weighted by Gasteiger charge is 2.31. The highest BCUT2D eigenvalue weighted by molar-refractivity contribution is 4.85. The van der Waals surface area contributed by atoms with Gasteiger partial charge in [-0.15, -0.1) is 0 Å². The normalized spacial score (nSPS) is 44.1. The van der Waals surface area contributed by atoms with Crippen LogP contribution in [0.1, 0.15) is 58.3 Å². The molecule has 14 heavy (non-hydrogen) atoms. The van der Waals surface area contributed by atoms with Crippen molar-refractivity contribution in [1.82, 2.24) is 0 Å². The fraction of sp³-hybridized carbons (Fsp3) is 1.00. The molecule has 0 radical (unpaired) electrons. The fourth-order valence-corrected chi connectivity index (χ4v) is 3.55. The molecular weight excluding hydrogens is 170 g/mol. The molecule has 2 aliphatic rings. The first-order valence-electron chi connectivity index (χ1n) is 6.55. The minimum absolute atomic E-state index is 0.531. The van der Waals surface area contributed by atoms with Gasteiger partial charge in [0.25, 0.3) is 0 Å². The van der Waals surface area contributed by atoms with Crippen molar-refractivity contribution in [3.8, 4) is 0 Å². The molecule has 2 rings (SSSR count). The topological polar surface area (TPSA) is 26.0 Å². The van der Waals surface area contributed by atoms with E-state index in [0.717, 1.165) is 17.8 Å². The van der Waals surface area contributed by atoms with Gasteiger partial charge >= 0.3 is 0 Å². The molecule has 0 heterocycles. The monoisotopic (exact) mass is 195 g/mol. The van der Waals surface area contributed by atoms with Gasteiger partial charge in [-0.1, -0.05) is 26.2 Å². The molecule has 0 aromatic heterocycles. The summed E-state index contributed by atoms with van der Waals surface area (Å²) in [6.45, 7) is 2.34. The maximum Gasteiger partial charge on any atom is 0.00416 e. The van der Waals surface area contributed by atoms with Gasteiger partial charge in [-0.3, -0.25) is 0 Å². The second kappa shape index (κ2) is 4.65. The number of rotatable bonds is 2. The predicted octanol–water partition coefficient (Wildman–Crippen LogP) is 3.33. The van der Waals surface area contributed by atoms with Crippen molar-refractivity contribution in [3.05, 3.63) is 0 Å². The van der Waals surface area contributed by atoms with Gasteiger partial charge in [0, 0.05) is 6.04 Å². The second-order valence-electron chi connectivity index (χ2n) is 5.52. The van der Waals surface area contributed by atoms with Crippen LogP contribution in [0.5, 0.6) is 0 Å². The Bertz CT molecular complexity index is 170. The minimum atomic E-state index is 0.531. The van der Waals surface area contributed by atoms with Crippen molar-refractivity contribution in [1.29, 1.82) is 0 Å². The smallest absolute Gasteiger partial charge is 0.00416 e. The van der Waals surface area contributed by atoms with E-state index in [4.69, 9.17) is 5.73 Å². The summed E-state index contributed by atoms with van der Waals surface area (Å²) in [5, 5.41) is 0. The van der Waals surface area contributed by atoms with Gasteiger partial charge in [0.15, 0.2) is 0 Å². The Hall–Kier alpha value is -0.0400. The zero-order chi connectivity index (χ0) is 9.97. The first-order valence-corrected chi connectivity index (χ1v) is 6.55. The highest BCUT2D eigenvalue weighted by Crippen LogP contribution is 2.41. The molecule has 0 saturated heterocycles. The Morgan fingerprint density at radius 2 is 1.57 bits per heavy atom. The van der Waals surface area contributed by atoms with Gasteiger partial charge in [0.1, 0.15) is 0 Å². The molecule has 1 heteroatoms.